The molecule has 3 aliphatic rings. The van der Waals surface area contributed by atoms with E-state index in [0.29, 0.717) is 19.1 Å². The number of aryl methyl sites for hydroxylation is 1. The number of anilines is 1. The monoisotopic (exact) mass is 400 g/mol. The molecule has 6 nitrogen and oxygen atoms in total. The van der Waals surface area contributed by atoms with Gasteiger partial charge in [-0.25, -0.2) is 9.97 Å². The number of fused-ring (bicyclic) bond motifs is 3. The highest BCUT2D eigenvalue weighted by Crippen LogP contribution is 2.41. The van der Waals surface area contributed by atoms with E-state index >= 15 is 0 Å². The Bertz CT molecular complexity index is 869. The van der Waals surface area contributed by atoms with Gasteiger partial charge in [0.05, 0.1) is 18.6 Å². The zero-order chi connectivity index (χ0) is 19.1. The summed E-state index contributed by atoms with van der Waals surface area (Å²) in [6.07, 6.45) is 7.10. The molecule has 4 heterocycles. The van der Waals surface area contributed by atoms with Gasteiger partial charge in [0.15, 0.2) is 0 Å². The Morgan fingerprint density at radius 2 is 1.93 bits per heavy atom. The lowest BCUT2D eigenvalue weighted by Crippen LogP contribution is -2.47. The van der Waals surface area contributed by atoms with E-state index in [0.717, 1.165) is 62.0 Å². The first-order valence-electron chi connectivity index (χ1n) is 10.6. The average Bonchev–Trinajstić information content (AvgIpc) is 3.11. The van der Waals surface area contributed by atoms with Gasteiger partial charge in [-0.2, -0.15) is 0 Å². The number of hydrogen-bond acceptors (Lipinski definition) is 6. The summed E-state index contributed by atoms with van der Waals surface area (Å²) in [6, 6.07) is 0. The number of morpholine rings is 1. The molecule has 2 aliphatic heterocycles. The van der Waals surface area contributed by atoms with Crippen LogP contribution in [0.5, 0.6) is 0 Å². The van der Waals surface area contributed by atoms with Crippen LogP contribution in [0.3, 0.4) is 0 Å². The van der Waals surface area contributed by atoms with Gasteiger partial charge in [-0.15, -0.1) is 11.3 Å². The maximum absolute atomic E-state index is 12.8. The molecule has 1 unspecified atom stereocenters. The summed E-state index contributed by atoms with van der Waals surface area (Å²) in [6.45, 7) is 6.96. The van der Waals surface area contributed by atoms with Gasteiger partial charge in [-0.05, 0) is 43.6 Å². The van der Waals surface area contributed by atoms with Crippen LogP contribution in [0.25, 0.3) is 10.2 Å². The van der Waals surface area contributed by atoms with Crippen molar-refractivity contribution in [3.63, 3.8) is 0 Å². The Morgan fingerprint density at radius 1 is 1.14 bits per heavy atom. The second-order valence-electron chi connectivity index (χ2n) is 8.43. The highest BCUT2D eigenvalue weighted by atomic mass is 32.1. The number of carbonyl (C=O) groups excluding carboxylic acids is 1. The van der Waals surface area contributed by atoms with Gasteiger partial charge >= 0.3 is 0 Å². The van der Waals surface area contributed by atoms with Gasteiger partial charge in [0, 0.05) is 37.0 Å². The molecule has 7 heteroatoms. The van der Waals surface area contributed by atoms with Gasteiger partial charge in [-0.1, -0.05) is 6.92 Å². The minimum absolute atomic E-state index is 0.143. The topological polar surface area (TPSA) is 58.6 Å². The quantitative estimate of drug-likeness (QED) is 0.776. The lowest BCUT2D eigenvalue weighted by molar-refractivity contribution is -0.140. The van der Waals surface area contributed by atoms with Crippen LogP contribution in [0.4, 0.5) is 5.82 Å². The molecule has 2 saturated heterocycles. The summed E-state index contributed by atoms with van der Waals surface area (Å²) in [5.74, 6) is 2.31. The van der Waals surface area contributed by atoms with E-state index in [4.69, 9.17) is 9.72 Å². The van der Waals surface area contributed by atoms with E-state index < -0.39 is 0 Å². The summed E-state index contributed by atoms with van der Waals surface area (Å²) in [7, 11) is 0. The van der Waals surface area contributed by atoms with Crippen molar-refractivity contribution >= 4 is 33.3 Å². The minimum atomic E-state index is 0.143. The molecule has 150 valence electrons. The molecule has 0 aromatic carbocycles. The van der Waals surface area contributed by atoms with Crippen LogP contribution < -0.4 is 4.90 Å². The fourth-order valence-corrected chi connectivity index (χ4v) is 6.22. The van der Waals surface area contributed by atoms with Gasteiger partial charge < -0.3 is 14.5 Å². The zero-order valence-corrected chi connectivity index (χ0v) is 17.3. The van der Waals surface area contributed by atoms with Gasteiger partial charge in [0.25, 0.3) is 0 Å². The highest BCUT2D eigenvalue weighted by Gasteiger charge is 2.31. The third kappa shape index (κ3) is 3.28. The maximum atomic E-state index is 12.8. The molecule has 0 N–H and O–H groups in total. The molecule has 1 atom stereocenters. The molecule has 1 amide bonds. The minimum Gasteiger partial charge on any atom is -0.378 e. The second-order valence-corrected chi connectivity index (χ2v) is 9.51. The summed E-state index contributed by atoms with van der Waals surface area (Å²) < 4.78 is 5.38. The molecule has 0 bridgehead atoms. The Morgan fingerprint density at radius 3 is 2.71 bits per heavy atom. The molecule has 1 aliphatic carbocycles. The molecule has 2 fully saturated rings. The number of carbonyl (C=O) groups is 1. The summed E-state index contributed by atoms with van der Waals surface area (Å²) in [5.41, 5.74) is 1.49. The summed E-state index contributed by atoms with van der Waals surface area (Å²) >= 11 is 1.86. The second kappa shape index (κ2) is 7.59. The van der Waals surface area contributed by atoms with E-state index in [-0.39, 0.29) is 5.92 Å². The van der Waals surface area contributed by atoms with Crippen molar-refractivity contribution in [2.45, 2.75) is 39.0 Å². The van der Waals surface area contributed by atoms with E-state index in [9.17, 15) is 4.79 Å². The molecule has 0 radical (unpaired) electrons. The Labute approximate surface area is 169 Å². The molecule has 2 aromatic rings. The first kappa shape index (κ1) is 18.3. The molecule has 2 aromatic heterocycles. The van der Waals surface area contributed by atoms with E-state index in [1.807, 2.05) is 16.2 Å². The number of nitrogens with zero attached hydrogens (tertiary/aromatic N) is 4. The number of hydrogen-bond donors (Lipinski definition) is 0. The molecular formula is C21H28N4O2S. The van der Waals surface area contributed by atoms with Crippen molar-refractivity contribution in [2.75, 3.05) is 44.3 Å². The molecule has 0 saturated carbocycles. The molecule has 5 rings (SSSR count). The Balaban J connectivity index is 1.34. The molecular weight excluding hydrogens is 372 g/mol. The lowest BCUT2D eigenvalue weighted by atomic mass is 9.89. The first-order valence-corrected chi connectivity index (χ1v) is 11.4. The average molecular weight is 401 g/mol. The van der Waals surface area contributed by atoms with Gasteiger partial charge in [0.1, 0.15) is 17.0 Å². The van der Waals surface area contributed by atoms with Crippen LogP contribution >= 0.6 is 11.3 Å². The lowest BCUT2D eigenvalue weighted by Gasteiger charge is -2.36. The predicted octanol–water partition coefficient (Wildman–Crippen LogP) is 2.89. The number of aromatic nitrogens is 2. The van der Waals surface area contributed by atoms with Crippen LogP contribution in [0.2, 0.25) is 0 Å². The highest BCUT2D eigenvalue weighted by molar-refractivity contribution is 7.19. The van der Waals surface area contributed by atoms with Crippen molar-refractivity contribution in [1.82, 2.24) is 14.9 Å². The largest absolute Gasteiger partial charge is 0.378 e. The van der Waals surface area contributed by atoms with Crippen LogP contribution in [-0.4, -0.2) is 60.2 Å². The maximum Gasteiger partial charge on any atom is 0.225 e. The van der Waals surface area contributed by atoms with Crippen molar-refractivity contribution < 1.29 is 9.53 Å². The van der Waals surface area contributed by atoms with Gasteiger partial charge in [-0.3, -0.25) is 4.79 Å². The van der Waals surface area contributed by atoms with Crippen LogP contribution in [0.15, 0.2) is 6.33 Å². The smallest absolute Gasteiger partial charge is 0.225 e. The number of thiophene rings is 1. The normalized spacial score (nSPS) is 23.8. The third-order valence-corrected chi connectivity index (χ3v) is 7.70. The van der Waals surface area contributed by atoms with Crippen LogP contribution in [-0.2, 0) is 22.4 Å². The van der Waals surface area contributed by atoms with Crippen molar-refractivity contribution in [3.05, 3.63) is 16.8 Å². The predicted molar refractivity (Wildman–Crippen MR) is 111 cm³/mol. The first-order chi connectivity index (χ1) is 13.7. The number of piperidine rings is 1. The number of rotatable bonds is 2. The fourth-order valence-electron chi connectivity index (χ4n) is 4.88. The number of ether oxygens (including phenoxy) is 1. The van der Waals surface area contributed by atoms with Crippen molar-refractivity contribution in [3.8, 4) is 0 Å². The standard InChI is InChI=1S/C21H28N4O2S/c1-14-2-3-16-17(12-14)28-20-18(16)19(22-13-23-20)24-6-4-15(5-7-24)21(26)25-8-10-27-11-9-25/h13-15H,2-12H2,1H3. The Hall–Kier alpha value is -1.73. The number of amides is 1. The van der Waals surface area contributed by atoms with E-state index in [1.165, 1.54) is 28.7 Å². The van der Waals surface area contributed by atoms with Crippen LogP contribution in [0, 0.1) is 11.8 Å². The summed E-state index contributed by atoms with van der Waals surface area (Å²) in [4.78, 5) is 29.1. The third-order valence-electron chi connectivity index (χ3n) is 6.54. The van der Waals surface area contributed by atoms with Crippen molar-refractivity contribution in [2.24, 2.45) is 11.8 Å². The zero-order valence-electron chi connectivity index (χ0n) is 16.5. The Kier molecular flexibility index (Phi) is 4.97. The van der Waals surface area contributed by atoms with E-state index in [2.05, 4.69) is 16.8 Å². The fraction of sp³-hybridized carbons (Fsp3) is 0.667. The van der Waals surface area contributed by atoms with Crippen LogP contribution in [0.1, 0.15) is 36.6 Å². The van der Waals surface area contributed by atoms with Gasteiger partial charge in [0.2, 0.25) is 5.91 Å². The molecule has 0 spiro atoms. The SMILES string of the molecule is CC1CCc2c(sc3ncnc(N4CCC(C(=O)N5CCOCC5)CC4)c23)C1. The van der Waals surface area contributed by atoms with E-state index in [1.54, 1.807) is 6.33 Å². The molecule has 28 heavy (non-hydrogen) atoms. The van der Waals surface area contributed by atoms with Crippen molar-refractivity contribution in [1.29, 1.82) is 0 Å². The summed E-state index contributed by atoms with van der Waals surface area (Å²) in [5, 5.41) is 1.28.